The smallest absolute Gasteiger partial charge is 0.271 e. The standard InChI is InChI=1S/C13H24N2O7S2/c1-13(10-23(17,18)9-11(13)24(19,20)21)14-12(16)3-4-15(2)5-7-22-8-6-15/h11H,3-10H2,1-2H3,(H-,14,16,19,20,21)/p+1. The Morgan fingerprint density at radius 1 is 1.38 bits per heavy atom. The van der Waals surface area contributed by atoms with E-state index in [0.29, 0.717) is 24.2 Å². The molecule has 0 spiro atoms. The third kappa shape index (κ3) is 4.66. The van der Waals surface area contributed by atoms with Gasteiger partial charge >= 0.3 is 0 Å². The van der Waals surface area contributed by atoms with Gasteiger partial charge in [-0.2, -0.15) is 8.42 Å². The molecule has 9 nitrogen and oxygen atoms in total. The summed E-state index contributed by atoms with van der Waals surface area (Å²) in [5.74, 6) is -1.61. The fourth-order valence-corrected chi connectivity index (χ4v) is 7.66. The predicted octanol–water partition coefficient (Wildman–Crippen LogP) is -1.59. The Bertz CT molecular complexity index is 698. The van der Waals surface area contributed by atoms with Crippen molar-refractivity contribution in [1.29, 1.82) is 0 Å². The number of carbonyl (C=O) groups is 1. The zero-order chi connectivity index (χ0) is 18.2. The van der Waals surface area contributed by atoms with Crippen LogP contribution in [-0.4, -0.2) is 94.0 Å². The monoisotopic (exact) mass is 385 g/mol. The molecule has 140 valence electrons. The number of sulfone groups is 1. The highest BCUT2D eigenvalue weighted by molar-refractivity contribution is 7.94. The number of likely N-dealkylation sites (N-methyl/N-ethyl adjacent to an activating group) is 1. The fraction of sp³-hybridized carbons (Fsp3) is 0.923. The van der Waals surface area contributed by atoms with Crippen molar-refractivity contribution in [3.05, 3.63) is 0 Å². The summed E-state index contributed by atoms with van der Waals surface area (Å²) in [7, 11) is -6.23. The highest BCUT2D eigenvalue weighted by Gasteiger charge is 2.54. The maximum Gasteiger partial charge on any atom is 0.271 e. The first-order valence-corrected chi connectivity index (χ1v) is 11.1. The SMILES string of the molecule is CC1(NC(=O)CC[N+]2(C)CCOCC2)CS(=O)(=O)CC1S(=O)(=O)O. The number of morpholine rings is 1. The normalized spacial score (nSPS) is 32.4. The second kappa shape index (κ2) is 6.52. The minimum Gasteiger partial charge on any atom is -0.370 e. The predicted molar refractivity (Wildman–Crippen MR) is 86.8 cm³/mol. The van der Waals surface area contributed by atoms with E-state index in [2.05, 4.69) is 5.32 Å². The lowest BCUT2D eigenvalue weighted by molar-refractivity contribution is -0.916. The first-order chi connectivity index (χ1) is 10.9. The summed E-state index contributed by atoms with van der Waals surface area (Å²) < 4.78 is 61.9. The summed E-state index contributed by atoms with van der Waals surface area (Å²) in [4.78, 5) is 12.2. The number of hydrogen-bond acceptors (Lipinski definition) is 6. The molecule has 2 aliphatic heterocycles. The van der Waals surface area contributed by atoms with Crippen LogP contribution in [0.15, 0.2) is 0 Å². The molecule has 0 radical (unpaired) electrons. The lowest BCUT2D eigenvalue weighted by atomic mass is 10.0. The van der Waals surface area contributed by atoms with E-state index in [4.69, 9.17) is 4.74 Å². The third-order valence-electron chi connectivity index (χ3n) is 4.85. The van der Waals surface area contributed by atoms with E-state index in [1.807, 2.05) is 7.05 Å². The lowest BCUT2D eigenvalue weighted by Gasteiger charge is -2.37. The maximum atomic E-state index is 12.2. The van der Waals surface area contributed by atoms with Crippen molar-refractivity contribution in [2.75, 3.05) is 51.4 Å². The molecule has 2 saturated heterocycles. The molecule has 0 aromatic heterocycles. The summed E-state index contributed by atoms with van der Waals surface area (Å²) >= 11 is 0. The number of nitrogens with one attached hydrogen (secondary N) is 1. The van der Waals surface area contributed by atoms with Gasteiger partial charge in [-0.1, -0.05) is 0 Å². The molecule has 2 aliphatic rings. The molecular weight excluding hydrogens is 360 g/mol. The summed E-state index contributed by atoms with van der Waals surface area (Å²) in [6, 6.07) is 0. The molecule has 2 fully saturated rings. The molecule has 0 aliphatic carbocycles. The Kier molecular flexibility index (Phi) is 5.32. The highest BCUT2D eigenvalue weighted by Crippen LogP contribution is 2.29. The van der Waals surface area contributed by atoms with Crippen LogP contribution in [0.2, 0.25) is 0 Å². The van der Waals surface area contributed by atoms with Crippen LogP contribution >= 0.6 is 0 Å². The van der Waals surface area contributed by atoms with Crippen LogP contribution in [0.4, 0.5) is 0 Å². The Morgan fingerprint density at radius 2 is 1.96 bits per heavy atom. The van der Waals surface area contributed by atoms with E-state index in [-0.39, 0.29) is 6.42 Å². The van der Waals surface area contributed by atoms with Crippen LogP contribution < -0.4 is 5.32 Å². The van der Waals surface area contributed by atoms with Gasteiger partial charge in [0.15, 0.2) is 9.84 Å². The molecule has 0 aromatic carbocycles. The van der Waals surface area contributed by atoms with Gasteiger partial charge < -0.3 is 14.5 Å². The molecule has 2 rings (SSSR count). The molecule has 2 unspecified atom stereocenters. The number of carbonyl (C=O) groups excluding carboxylic acids is 1. The van der Waals surface area contributed by atoms with Crippen LogP contribution in [0.5, 0.6) is 0 Å². The average Bonchev–Trinajstić information content (AvgIpc) is 2.67. The molecule has 2 heterocycles. The highest BCUT2D eigenvalue weighted by atomic mass is 32.2. The van der Waals surface area contributed by atoms with Crippen molar-refractivity contribution in [2.45, 2.75) is 24.1 Å². The molecular formula is C13H25N2O7S2+. The molecule has 11 heteroatoms. The minimum absolute atomic E-state index is 0.143. The molecule has 24 heavy (non-hydrogen) atoms. The molecule has 0 aromatic rings. The zero-order valence-corrected chi connectivity index (χ0v) is 15.5. The van der Waals surface area contributed by atoms with Crippen molar-refractivity contribution in [2.24, 2.45) is 0 Å². The first kappa shape index (κ1) is 19.6. The van der Waals surface area contributed by atoms with Gasteiger partial charge in [0.2, 0.25) is 5.91 Å². The van der Waals surface area contributed by atoms with Crippen LogP contribution in [0.3, 0.4) is 0 Å². The number of quaternary nitrogens is 1. The summed E-state index contributed by atoms with van der Waals surface area (Å²) in [5.41, 5.74) is -1.52. The van der Waals surface area contributed by atoms with Crippen molar-refractivity contribution >= 4 is 25.9 Å². The van der Waals surface area contributed by atoms with Crippen LogP contribution in [0, 0.1) is 0 Å². The maximum absolute atomic E-state index is 12.2. The van der Waals surface area contributed by atoms with Gasteiger partial charge in [-0.15, -0.1) is 0 Å². The topological polar surface area (TPSA) is 127 Å². The minimum atomic E-state index is -4.59. The average molecular weight is 385 g/mol. The molecule has 1 amide bonds. The van der Waals surface area contributed by atoms with E-state index in [9.17, 15) is 26.2 Å². The Labute approximate surface area is 142 Å². The quantitative estimate of drug-likeness (QED) is 0.432. The number of nitrogens with zero attached hydrogens (tertiary/aromatic N) is 1. The van der Waals surface area contributed by atoms with E-state index in [1.54, 1.807) is 0 Å². The number of amides is 1. The Hall–Kier alpha value is -0.750. The van der Waals surface area contributed by atoms with Gasteiger partial charge in [-0.25, -0.2) is 8.42 Å². The van der Waals surface area contributed by atoms with E-state index in [1.165, 1.54) is 6.92 Å². The van der Waals surface area contributed by atoms with Crippen molar-refractivity contribution in [3.63, 3.8) is 0 Å². The largest absolute Gasteiger partial charge is 0.370 e. The van der Waals surface area contributed by atoms with Crippen molar-refractivity contribution < 1.29 is 35.4 Å². The lowest BCUT2D eigenvalue weighted by Crippen LogP contribution is -2.58. The Balaban J connectivity index is 2.03. The number of rotatable bonds is 5. The van der Waals surface area contributed by atoms with Gasteiger partial charge in [0.1, 0.15) is 18.3 Å². The van der Waals surface area contributed by atoms with Crippen molar-refractivity contribution in [1.82, 2.24) is 5.32 Å². The molecule has 2 N–H and O–H groups in total. The molecule has 0 bridgehead atoms. The summed E-state index contributed by atoms with van der Waals surface area (Å²) in [5, 5.41) is 0.977. The van der Waals surface area contributed by atoms with Gasteiger partial charge in [0.25, 0.3) is 10.1 Å². The molecule has 0 saturated carbocycles. The first-order valence-electron chi connectivity index (χ1n) is 7.74. The third-order valence-corrected chi connectivity index (χ3v) is 8.35. The fourth-order valence-electron chi connectivity index (χ4n) is 3.31. The second-order valence-electron chi connectivity index (χ2n) is 7.18. The van der Waals surface area contributed by atoms with E-state index < -0.39 is 48.2 Å². The summed E-state index contributed by atoms with van der Waals surface area (Å²) in [6.07, 6.45) is 0.143. The van der Waals surface area contributed by atoms with E-state index in [0.717, 1.165) is 13.1 Å². The number of hydrogen-bond donors (Lipinski definition) is 2. The van der Waals surface area contributed by atoms with Crippen LogP contribution in [0.1, 0.15) is 13.3 Å². The Morgan fingerprint density at radius 3 is 2.50 bits per heavy atom. The second-order valence-corrected chi connectivity index (χ2v) is 10.9. The van der Waals surface area contributed by atoms with Crippen molar-refractivity contribution in [3.8, 4) is 0 Å². The van der Waals surface area contributed by atoms with Gasteiger partial charge in [-0.05, 0) is 6.92 Å². The van der Waals surface area contributed by atoms with Gasteiger partial charge in [-0.3, -0.25) is 9.35 Å². The van der Waals surface area contributed by atoms with Crippen LogP contribution in [-0.2, 0) is 29.5 Å². The zero-order valence-electron chi connectivity index (χ0n) is 13.9. The van der Waals surface area contributed by atoms with Crippen LogP contribution in [0.25, 0.3) is 0 Å². The number of ether oxygens (including phenoxy) is 1. The van der Waals surface area contributed by atoms with Gasteiger partial charge in [0.05, 0.1) is 50.3 Å². The van der Waals surface area contributed by atoms with Gasteiger partial charge in [0, 0.05) is 0 Å². The summed E-state index contributed by atoms with van der Waals surface area (Å²) in [6.45, 7) is 4.71. The van der Waals surface area contributed by atoms with E-state index >= 15 is 0 Å². The molecule has 2 atom stereocenters.